The van der Waals surface area contributed by atoms with Crippen molar-refractivity contribution in [2.24, 2.45) is 0 Å². The molecule has 1 saturated heterocycles. The molecule has 0 aromatic carbocycles. The van der Waals surface area contributed by atoms with E-state index in [1.807, 2.05) is 20.8 Å². The highest BCUT2D eigenvalue weighted by Gasteiger charge is 2.26. The number of anilines is 1. The van der Waals surface area contributed by atoms with Gasteiger partial charge < -0.3 is 14.5 Å². The Hall–Kier alpha value is -1.78. The van der Waals surface area contributed by atoms with E-state index in [1.165, 1.54) is 44.1 Å². The first kappa shape index (κ1) is 19.0. The number of nitrogens with zero attached hydrogens (tertiary/aromatic N) is 3. The van der Waals surface area contributed by atoms with Crippen LogP contribution in [0.5, 0.6) is 0 Å². The van der Waals surface area contributed by atoms with Gasteiger partial charge in [0.1, 0.15) is 11.4 Å². The van der Waals surface area contributed by atoms with Crippen LogP contribution in [-0.4, -0.2) is 47.8 Å². The smallest absolute Gasteiger partial charge is 0.410 e. The Kier molecular flexibility index (Phi) is 6.05. The SMILES string of the molecule is CC(C)(C)OC(=O)N1CCN(c2ccc(C3CCCCCC3)cn2)CC1. The van der Waals surface area contributed by atoms with Crippen molar-refractivity contribution >= 4 is 11.9 Å². The van der Waals surface area contributed by atoms with E-state index in [-0.39, 0.29) is 6.09 Å². The van der Waals surface area contributed by atoms with E-state index in [0.29, 0.717) is 19.0 Å². The Morgan fingerprint density at radius 3 is 2.23 bits per heavy atom. The first-order valence-electron chi connectivity index (χ1n) is 10.1. The highest BCUT2D eigenvalue weighted by molar-refractivity contribution is 5.68. The lowest BCUT2D eigenvalue weighted by Crippen LogP contribution is -2.50. The topological polar surface area (TPSA) is 45.7 Å². The zero-order valence-electron chi connectivity index (χ0n) is 16.5. The predicted octanol–water partition coefficient (Wildman–Crippen LogP) is 4.58. The van der Waals surface area contributed by atoms with Crippen LogP contribution in [0.25, 0.3) is 0 Å². The molecular formula is C21H33N3O2. The third kappa shape index (κ3) is 5.12. The number of carbonyl (C=O) groups is 1. The molecule has 0 spiro atoms. The van der Waals surface area contributed by atoms with E-state index in [2.05, 4.69) is 23.2 Å². The van der Waals surface area contributed by atoms with Crippen LogP contribution in [0.1, 0.15) is 70.8 Å². The minimum atomic E-state index is -0.441. The molecule has 3 rings (SSSR count). The molecule has 5 heteroatoms. The summed E-state index contributed by atoms with van der Waals surface area (Å²) in [6.45, 7) is 8.68. The summed E-state index contributed by atoms with van der Waals surface area (Å²) in [6.07, 6.45) is 9.91. The van der Waals surface area contributed by atoms with Crippen LogP contribution in [0.3, 0.4) is 0 Å². The van der Waals surface area contributed by atoms with Crippen molar-refractivity contribution in [2.75, 3.05) is 31.1 Å². The number of piperazine rings is 1. The van der Waals surface area contributed by atoms with Gasteiger partial charge in [-0.3, -0.25) is 0 Å². The molecular weight excluding hydrogens is 326 g/mol. The van der Waals surface area contributed by atoms with Crippen LogP contribution in [-0.2, 0) is 4.74 Å². The molecule has 144 valence electrons. The molecule has 2 aliphatic rings. The predicted molar refractivity (Wildman–Crippen MR) is 105 cm³/mol. The quantitative estimate of drug-likeness (QED) is 0.725. The monoisotopic (exact) mass is 359 g/mol. The van der Waals surface area contributed by atoms with Crippen LogP contribution >= 0.6 is 0 Å². The molecule has 1 amide bonds. The van der Waals surface area contributed by atoms with E-state index in [1.54, 1.807) is 4.90 Å². The van der Waals surface area contributed by atoms with Gasteiger partial charge in [0.05, 0.1) is 0 Å². The fraction of sp³-hybridized carbons (Fsp3) is 0.714. The highest BCUT2D eigenvalue weighted by Crippen LogP contribution is 2.31. The molecule has 0 radical (unpaired) electrons. The van der Waals surface area contributed by atoms with E-state index in [4.69, 9.17) is 9.72 Å². The maximum Gasteiger partial charge on any atom is 0.410 e. The number of carbonyl (C=O) groups excluding carboxylic acids is 1. The number of aromatic nitrogens is 1. The normalized spacial score (nSPS) is 20.0. The van der Waals surface area contributed by atoms with Crippen LogP contribution in [0, 0.1) is 0 Å². The molecule has 1 aliphatic carbocycles. The Bertz CT molecular complexity index is 578. The first-order chi connectivity index (χ1) is 12.4. The lowest BCUT2D eigenvalue weighted by Gasteiger charge is -2.36. The lowest BCUT2D eigenvalue weighted by molar-refractivity contribution is 0.0240. The molecule has 1 saturated carbocycles. The van der Waals surface area contributed by atoms with Crippen LogP contribution in [0.4, 0.5) is 10.6 Å². The number of pyridine rings is 1. The summed E-state index contributed by atoms with van der Waals surface area (Å²) in [6, 6.07) is 4.42. The zero-order chi connectivity index (χ0) is 18.6. The fourth-order valence-electron chi connectivity index (χ4n) is 3.88. The largest absolute Gasteiger partial charge is 0.444 e. The zero-order valence-corrected chi connectivity index (χ0v) is 16.5. The van der Waals surface area contributed by atoms with Gasteiger partial charge in [0.15, 0.2) is 0 Å². The minimum Gasteiger partial charge on any atom is -0.444 e. The average molecular weight is 360 g/mol. The Morgan fingerprint density at radius 1 is 1.04 bits per heavy atom. The van der Waals surface area contributed by atoms with Gasteiger partial charge in [0.2, 0.25) is 0 Å². The van der Waals surface area contributed by atoms with Gasteiger partial charge in [-0.1, -0.05) is 31.7 Å². The second kappa shape index (κ2) is 8.28. The van der Waals surface area contributed by atoms with Crippen molar-refractivity contribution in [1.82, 2.24) is 9.88 Å². The standard InChI is InChI=1S/C21H33N3O2/c1-21(2,3)26-20(25)24-14-12-23(13-15-24)19-11-10-18(16-22-19)17-8-6-4-5-7-9-17/h10-11,16-17H,4-9,12-15H2,1-3H3. The number of rotatable bonds is 2. The van der Waals surface area contributed by atoms with Crippen molar-refractivity contribution in [3.63, 3.8) is 0 Å². The Labute approximate surface area is 157 Å². The van der Waals surface area contributed by atoms with Gasteiger partial charge in [0, 0.05) is 32.4 Å². The van der Waals surface area contributed by atoms with Crippen LogP contribution in [0.15, 0.2) is 18.3 Å². The van der Waals surface area contributed by atoms with Crippen LogP contribution in [0.2, 0.25) is 0 Å². The number of hydrogen-bond donors (Lipinski definition) is 0. The Morgan fingerprint density at radius 2 is 1.69 bits per heavy atom. The van der Waals surface area contributed by atoms with Crippen molar-refractivity contribution in [1.29, 1.82) is 0 Å². The second-order valence-electron chi connectivity index (χ2n) is 8.59. The summed E-state index contributed by atoms with van der Waals surface area (Å²) in [5.41, 5.74) is 0.951. The summed E-state index contributed by atoms with van der Waals surface area (Å²) < 4.78 is 5.46. The molecule has 1 aromatic heterocycles. The Balaban J connectivity index is 1.53. The van der Waals surface area contributed by atoms with Gasteiger partial charge in [-0.15, -0.1) is 0 Å². The van der Waals surface area contributed by atoms with Gasteiger partial charge >= 0.3 is 6.09 Å². The molecule has 5 nitrogen and oxygen atoms in total. The van der Waals surface area contributed by atoms with Gasteiger partial charge in [-0.25, -0.2) is 9.78 Å². The number of ether oxygens (including phenoxy) is 1. The average Bonchev–Trinajstić information content (AvgIpc) is 2.90. The molecule has 0 atom stereocenters. The molecule has 0 N–H and O–H groups in total. The van der Waals surface area contributed by atoms with Crippen molar-refractivity contribution < 1.29 is 9.53 Å². The van der Waals surface area contributed by atoms with Gasteiger partial charge in [-0.2, -0.15) is 0 Å². The van der Waals surface area contributed by atoms with E-state index in [9.17, 15) is 4.79 Å². The third-order valence-electron chi connectivity index (χ3n) is 5.35. The van der Waals surface area contributed by atoms with E-state index in [0.717, 1.165) is 18.9 Å². The van der Waals surface area contributed by atoms with Crippen molar-refractivity contribution in [3.8, 4) is 0 Å². The molecule has 26 heavy (non-hydrogen) atoms. The van der Waals surface area contributed by atoms with E-state index < -0.39 is 5.60 Å². The molecule has 0 unspecified atom stereocenters. The van der Waals surface area contributed by atoms with Gasteiger partial charge in [-0.05, 0) is 51.2 Å². The minimum absolute atomic E-state index is 0.214. The molecule has 2 heterocycles. The molecule has 1 aliphatic heterocycles. The second-order valence-corrected chi connectivity index (χ2v) is 8.59. The summed E-state index contributed by atoms with van der Waals surface area (Å²) in [5, 5.41) is 0. The highest BCUT2D eigenvalue weighted by atomic mass is 16.6. The number of hydrogen-bond acceptors (Lipinski definition) is 4. The maximum atomic E-state index is 12.2. The maximum absolute atomic E-state index is 12.2. The lowest BCUT2D eigenvalue weighted by atomic mass is 9.93. The summed E-state index contributed by atoms with van der Waals surface area (Å²) >= 11 is 0. The molecule has 1 aromatic rings. The number of amides is 1. The first-order valence-corrected chi connectivity index (χ1v) is 10.1. The van der Waals surface area contributed by atoms with Crippen molar-refractivity contribution in [2.45, 2.75) is 70.8 Å². The fourth-order valence-corrected chi connectivity index (χ4v) is 3.88. The molecule has 2 fully saturated rings. The van der Waals surface area contributed by atoms with Crippen LogP contribution < -0.4 is 4.90 Å². The summed E-state index contributed by atoms with van der Waals surface area (Å²) in [5.74, 6) is 1.70. The van der Waals surface area contributed by atoms with E-state index >= 15 is 0 Å². The van der Waals surface area contributed by atoms with Crippen molar-refractivity contribution in [3.05, 3.63) is 23.9 Å². The van der Waals surface area contributed by atoms with Gasteiger partial charge in [0.25, 0.3) is 0 Å². The summed E-state index contributed by atoms with van der Waals surface area (Å²) in [7, 11) is 0. The molecule has 0 bridgehead atoms. The third-order valence-corrected chi connectivity index (χ3v) is 5.35. The summed E-state index contributed by atoms with van der Waals surface area (Å²) in [4.78, 5) is 21.0.